The first-order valence-electron chi connectivity index (χ1n) is 10.1. The minimum atomic E-state index is -3.48. The average molecular weight is 442 g/mol. The Hall–Kier alpha value is -3.14. The summed E-state index contributed by atoms with van der Waals surface area (Å²) in [4.78, 5) is 27.7. The van der Waals surface area contributed by atoms with Gasteiger partial charge in [0.15, 0.2) is 15.7 Å². The zero-order chi connectivity index (χ0) is 22.0. The van der Waals surface area contributed by atoms with Crippen LogP contribution < -0.4 is 0 Å². The van der Waals surface area contributed by atoms with E-state index in [0.29, 0.717) is 43.3 Å². The third kappa shape index (κ3) is 4.34. The Morgan fingerprint density at radius 1 is 1.16 bits per heavy atom. The second kappa shape index (κ2) is 8.54. The summed E-state index contributed by atoms with van der Waals surface area (Å²) in [7, 11) is -3.48. The van der Waals surface area contributed by atoms with Gasteiger partial charge in [-0.15, -0.1) is 0 Å². The first kappa shape index (κ1) is 21.1. The van der Waals surface area contributed by atoms with Gasteiger partial charge in [-0.25, -0.2) is 13.4 Å². The highest BCUT2D eigenvalue weighted by atomic mass is 32.2. The van der Waals surface area contributed by atoms with Crippen LogP contribution >= 0.6 is 0 Å². The number of sulfone groups is 1. The van der Waals surface area contributed by atoms with Gasteiger partial charge >= 0.3 is 0 Å². The number of nitrogens with zero attached hydrogens (tertiary/aromatic N) is 5. The third-order valence-electron chi connectivity index (χ3n) is 5.42. The Kier molecular flexibility index (Phi) is 5.81. The van der Waals surface area contributed by atoms with Gasteiger partial charge < -0.3 is 9.42 Å². The third-order valence-corrected chi connectivity index (χ3v) is 7.21. The smallest absolute Gasteiger partial charge is 0.278 e. The molecule has 1 aromatic carbocycles. The van der Waals surface area contributed by atoms with Crippen LogP contribution in [-0.2, 0) is 9.84 Å². The van der Waals surface area contributed by atoms with Gasteiger partial charge in [0.1, 0.15) is 5.69 Å². The SMILES string of the molecule is CCS(=O)(=O)c1ccccc1C(=O)N1CCC(c2noc(-c3cnc(C)cn3)n2)CC1. The first-order valence-corrected chi connectivity index (χ1v) is 11.8. The fourth-order valence-corrected chi connectivity index (χ4v) is 4.68. The van der Waals surface area contributed by atoms with Crippen molar-refractivity contribution in [1.29, 1.82) is 0 Å². The lowest BCUT2D eigenvalue weighted by Crippen LogP contribution is -2.38. The largest absolute Gasteiger partial charge is 0.339 e. The number of aromatic nitrogens is 4. The molecule has 4 rings (SSSR count). The van der Waals surface area contributed by atoms with Crippen LogP contribution in [0.3, 0.4) is 0 Å². The molecule has 3 aromatic rings. The van der Waals surface area contributed by atoms with E-state index in [1.54, 1.807) is 42.4 Å². The highest BCUT2D eigenvalue weighted by molar-refractivity contribution is 7.91. The molecule has 1 aliphatic rings. The highest BCUT2D eigenvalue weighted by Crippen LogP contribution is 2.29. The Balaban J connectivity index is 1.45. The quantitative estimate of drug-likeness (QED) is 0.593. The molecule has 0 aliphatic carbocycles. The number of piperidine rings is 1. The molecule has 1 aliphatic heterocycles. The molecule has 3 heterocycles. The van der Waals surface area contributed by atoms with E-state index >= 15 is 0 Å². The van der Waals surface area contributed by atoms with E-state index in [0.717, 1.165) is 5.69 Å². The number of carbonyl (C=O) groups excluding carboxylic acids is 1. The topological polar surface area (TPSA) is 119 Å². The minimum Gasteiger partial charge on any atom is -0.339 e. The van der Waals surface area contributed by atoms with Crippen molar-refractivity contribution < 1.29 is 17.7 Å². The lowest BCUT2D eigenvalue weighted by atomic mass is 9.95. The molecule has 31 heavy (non-hydrogen) atoms. The number of likely N-dealkylation sites (tertiary alicyclic amines) is 1. The fraction of sp³-hybridized carbons (Fsp3) is 0.381. The lowest BCUT2D eigenvalue weighted by Gasteiger charge is -2.31. The second-order valence-corrected chi connectivity index (χ2v) is 9.71. The zero-order valence-electron chi connectivity index (χ0n) is 17.4. The number of amides is 1. The molecule has 0 atom stereocenters. The number of benzene rings is 1. The minimum absolute atomic E-state index is 0.0505. The lowest BCUT2D eigenvalue weighted by molar-refractivity contribution is 0.0706. The molecule has 0 saturated carbocycles. The number of rotatable bonds is 5. The van der Waals surface area contributed by atoms with Gasteiger partial charge in [0.2, 0.25) is 0 Å². The van der Waals surface area contributed by atoms with E-state index in [1.807, 2.05) is 6.92 Å². The predicted octanol–water partition coefficient (Wildman–Crippen LogP) is 2.65. The summed E-state index contributed by atoms with van der Waals surface area (Å²) in [5, 5.41) is 4.09. The van der Waals surface area contributed by atoms with Crippen LogP contribution in [0.2, 0.25) is 0 Å². The summed E-state index contributed by atoms with van der Waals surface area (Å²) in [5.74, 6) is 0.632. The summed E-state index contributed by atoms with van der Waals surface area (Å²) in [6.45, 7) is 4.39. The molecule has 0 spiro atoms. The van der Waals surface area contributed by atoms with Gasteiger partial charge in [-0.05, 0) is 31.9 Å². The molecule has 0 N–H and O–H groups in total. The van der Waals surface area contributed by atoms with Crippen LogP contribution in [0.1, 0.15) is 47.6 Å². The van der Waals surface area contributed by atoms with E-state index in [9.17, 15) is 13.2 Å². The Bertz CT molecular complexity index is 1180. The summed E-state index contributed by atoms with van der Waals surface area (Å²) in [5.41, 5.74) is 1.54. The van der Waals surface area contributed by atoms with Crippen LogP contribution in [0.5, 0.6) is 0 Å². The van der Waals surface area contributed by atoms with Gasteiger partial charge in [-0.1, -0.05) is 24.2 Å². The van der Waals surface area contributed by atoms with Crippen molar-refractivity contribution in [2.45, 2.75) is 37.5 Å². The van der Waals surface area contributed by atoms with Crippen LogP contribution in [0.25, 0.3) is 11.6 Å². The maximum absolute atomic E-state index is 13.0. The molecule has 0 unspecified atom stereocenters. The number of hydrogen-bond donors (Lipinski definition) is 0. The molecule has 1 saturated heterocycles. The fourth-order valence-electron chi connectivity index (χ4n) is 3.59. The van der Waals surface area contributed by atoms with Crippen molar-refractivity contribution >= 4 is 15.7 Å². The van der Waals surface area contributed by atoms with Crippen LogP contribution in [0.4, 0.5) is 0 Å². The molecule has 0 bridgehead atoms. The Morgan fingerprint density at radius 2 is 1.90 bits per heavy atom. The normalized spacial score (nSPS) is 15.2. The number of carbonyl (C=O) groups is 1. The van der Waals surface area contributed by atoms with E-state index in [1.165, 1.54) is 6.07 Å². The summed E-state index contributed by atoms with van der Waals surface area (Å²) in [6, 6.07) is 6.39. The molecule has 162 valence electrons. The average Bonchev–Trinajstić information content (AvgIpc) is 3.29. The highest BCUT2D eigenvalue weighted by Gasteiger charge is 2.30. The van der Waals surface area contributed by atoms with E-state index < -0.39 is 9.84 Å². The van der Waals surface area contributed by atoms with Crippen molar-refractivity contribution in [3.05, 3.63) is 53.7 Å². The Labute approximate surface area is 180 Å². The van der Waals surface area contributed by atoms with Crippen molar-refractivity contribution in [1.82, 2.24) is 25.0 Å². The summed E-state index contributed by atoms with van der Waals surface area (Å²) >= 11 is 0. The van der Waals surface area contributed by atoms with Crippen molar-refractivity contribution in [2.24, 2.45) is 0 Å². The number of hydrogen-bond acceptors (Lipinski definition) is 8. The predicted molar refractivity (Wildman–Crippen MR) is 112 cm³/mol. The summed E-state index contributed by atoms with van der Waals surface area (Å²) < 4.78 is 30.1. The van der Waals surface area contributed by atoms with Gasteiger partial charge in [-0.3, -0.25) is 9.78 Å². The molecule has 1 amide bonds. The van der Waals surface area contributed by atoms with Gasteiger partial charge in [-0.2, -0.15) is 4.98 Å². The van der Waals surface area contributed by atoms with E-state index in [4.69, 9.17) is 4.52 Å². The van der Waals surface area contributed by atoms with Crippen LogP contribution in [-0.4, -0.2) is 58.2 Å². The molecule has 1 fully saturated rings. The standard InChI is InChI=1S/C21H23N5O4S/c1-3-31(28,29)18-7-5-4-6-16(18)21(27)26-10-8-15(9-11-26)19-24-20(30-25-19)17-13-22-14(2)12-23-17/h4-7,12-13,15H,3,8-11H2,1-2H3. The van der Waals surface area contributed by atoms with Gasteiger partial charge in [0.25, 0.3) is 11.8 Å². The van der Waals surface area contributed by atoms with Crippen molar-refractivity contribution in [3.8, 4) is 11.6 Å². The van der Waals surface area contributed by atoms with Crippen LogP contribution in [0.15, 0.2) is 46.1 Å². The molecular formula is C21H23N5O4S. The molecular weight excluding hydrogens is 418 g/mol. The van der Waals surface area contributed by atoms with E-state index in [2.05, 4.69) is 20.1 Å². The molecule has 9 nitrogen and oxygen atoms in total. The Morgan fingerprint density at radius 3 is 2.58 bits per heavy atom. The van der Waals surface area contributed by atoms with E-state index in [-0.39, 0.29) is 28.0 Å². The van der Waals surface area contributed by atoms with Gasteiger partial charge in [0, 0.05) is 25.2 Å². The monoisotopic (exact) mass is 441 g/mol. The zero-order valence-corrected chi connectivity index (χ0v) is 18.2. The van der Waals surface area contributed by atoms with Crippen molar-refractivity contribution in [2.75, 3.05) is 18.8 Å². The second-order valence-electron chi connectivity index (χ2n) is 7.47. The number of aryl methyl sites for hydroxylation is 1. The van der Waals surface area contributed by atoms with Gasteiger partial charge in [0.05, 0.1) is 28.1 Å². The maximum Gasteiger partial charge on any atom is 0.278 e. The van der Waals surface area contributed by atoms with Crippen LogP contribution in [0, 0.1) is 6.92 Å². The maximum atomic E-state index is 13.0. The first-order chi connectivity index (χ1) is 14.9. The molecule has 10 heteroatoms. The van der Waals surface area contributed by atoms with Crippen molar-refractivity contribution in [3.63, 3.8) is 0 Å². The molecule has 2 aromatic heterocycles. The summed E-state index contributed by atoms with van der Waals surface area (Å²) in [6.07, 6.45) is 4.55. The molecule has 0 radical (unpaired) electrons.